The number of nitrogens with one attached hydrogen (secondary N) is 1. The molecule has 0 heterocycles. The Morgan fingerprint density at radius 3 is 2.40 bits per heavy atom. The van der Waals surface area contributed by atoms with Gasteiger partial charge >= 0.3 is 12.1 Å². The van der Waals surface area contributed by atoms with Gasteiger partial charge in [-0.25, -0.2) is 14.0 Å². The van der Waals surface area contributed by atoms with E-state index in [1.165, 1.54) is 6.07 Å². The normalized spacial score (nSPS) is 11.1. The Morgan fingerprint density at radius 2 is 1.95 bits per heavy atom. The van der Waals surface area contributed by atoms with Crippen molar-refractivity contribution in [2.75, 3.05) is 5.32 Å². The first-order valence-corrected chi connectivity index (χ1v) is 6.19. The molecule has 0 saturated carbocycles. The first-order valence-electron chi connectivity index (χ1n) is 6.19. The van der Waals surface area contributed by atoms with Gasteiger partial charge in [0.15, 0.2) is 0 Å². The van der Waals surface area contributed by atoms with Gasteiger partial charge in [-0.15, -0.1) is 0 Å². The summed E-state index contributed by atoms with van der Waals surface area (Å²) in [7, 11) is 0. The molecule has 2 N–H and O–H groups in total. The van der Waals surface area contributed by atoms with Gasteiger partial charge in [-0.3, -0.25) is 5.32 Å². The number of carboxylic acid groups (broad SMARTS) is 1. The maximum atomic E-state index is 13.6. The van der Waals surface area contributed by atoms with E-state index in [9.17, 15) is 14.0 Å². The van der Waals surface area contributed by atoms with Crippen LogP contribution in [0.2, 0.25) is 0 Å². The molecule has 0 fully saturated rings. The molecule has 1 aromatic rings. The summed E-state index contributed by atoms with van der Waals surface area (Å²) in [6, 6.07) is 2.20. The first kappa shape index (κ1) is 15.9. The summed E-state index contributed by atoms with van der Waals surface area (Å²) in [6.45, 7) is 6.79. The highest BCUT2D eigenvalue weighted by molar-refractivity contribution is 5.99. The van der Waals surface area contributed by atoms with Gasteiger partial charge in [0.05, 0.1) is 11.3 Å². The summed E-state index contributed by atoms with van der Waals surface area (Å²) in [5.74, 6) is -1.93. The molecule has 0 saturated heterocycles. The monoisotopic (exact) mass is 283 g/mol. The standard InChI is InChI=1S/C14H18FNO4/c1-5-8-6-11(9(12(17)18)7-10(8)15)16-13(19)20-14(2,3)4/h6-7H,5H2,1-4H3,(H,16,19)(H,17,18). The van der Waals surface area contributed by atoms with Gasteiger partial charge in [0.25, 0.3) is 0 Å². The third-order valence-corrected chi connectivity index (χ3v) is 2.43. The summed E-state index contributed by atoms with van der Waals surface area (Å²) in [5.41, 5.74) is -0.683. The molecule has 0 atom stereocenters. The molecule has 6 heteroatoms. The smallest absolute Gasteiger partial charge is 0.412 e. The van der Waals surface area contributed by atoms with E-state index in [0.717, 1.165) is 6.07 Å². The van der Waals surface area contributed by atoms with Crippen molar-refractivity contribution in [3.05, 3.63) is 29.1 Å². The Hall–Kier alpha value is -2.11. The van der Waals surface area contributed by atoms with Gasteiger partial charge in [0, 0.05) is 0 Å². The minimum atomic E-state index is -1.32. The van der Waals surface area contributed by atoms with Gasteiger partial charge in [0.2, 0.25) is 0 Å². The number of ether oxygens (including phenoxy) is 1. The molecule has 1 aromatic carbocycles. The Kier molecular flexibility index (Phi) is 4.70. The van der Waals surface area contributed by atoms with Crippen LogP contribution in [0.25, 0.3) is 0 Å². The predicted molar refractivity (Wildman–Crippen MR) is 72.6 cm³/mol. The summed E-state index contributed by atoms with van der Waals surface area (Å²) in [4.78, 5) is 22.7. The number of aromatic carboxylic acids is 1. The molecule has 1 rings (SSSR count). The van der Waals surface area contributed by atoms with Crippen molar-refractivity contribution < 1.29 is 23.8 Å². The van der Waals surface area contributed by atoms with E-state index >= 15 is 0 Å². The number of amides is 1. The van der Waals surface area contributed by atoms with Gasteiger partial charge in [0.1, 0.15) is 11.4 Å². The Labute approximate surface area is 116 Å². The van der Waals surface area contributed by atoms with Crippen LogP contribution in [0.5, 0.6) is 0 Å². The van der Waals surface area contributed by atoms with Crippen LogP contribution >= 0.6 is 0 Å². The van der Waals surface area contributed by atoms with Crippen molar-refractivity contribution in [1.82, 2.24) is 0 Å². The molecular weight excluding hydrogens is 265 g/mol. The Morgan fingerprint density at radius 1 is 1.35 bits per heavy atom. The van der Waals surface area contributed by atoms with E-state index in [4.69, 9.17) is 9.84 Å². The molecule has 0 radical (unpaired) electrons. The highest BCUT2D eigenvalue weighted by Gasteiger charge is 2.20. The highest BCUT2D eigenvalue weighted by Crippen LogP contribution is 2.22. The maximum Gasteiger partial charge on any atom is 0.412 e. The first-order chi connectivity index (χ1) is 9.14. The quantitative estimate of drug-likeness (QED) is 0.891. The highest BCUT2D eigenvalue weighted by atomic mass is 19.1. The fraction of sp³-hybridized carbons (Fsp3) is 0.429. The fourth-order valence-electron chi connectivity index (χ4n) is 1.58. The topological polar surface area (TPSA) is 75.6 Å². The van der Waals surface area contributed by atoms with Crippen molar-refractivity contribution in [3.63, 3.8) is 0 Å². The van der Waals surface area contributed by atoms with E-state index in [1.54, 1.807) is 27.7 Å². The minimum Gasteiger partial charge on any atom is -0.478 e. The minimum absolute atomic E-state index is 0.0185. The average Bonchev–Trinajstić information content (AvgIpc) is 2.28. The largest absolute Gasteiger partial charge is 0.478 e. The Balaban J connectivity index is 3.09. The number of aryl methyl sites for hydroxylation is 1. The molecular formula is C14H18FNO4. The third-order valence-electron chi connectivity index (χ3n) is 2.43. The van der Waals surface area contributed by atoms with Crippen LogP contribution in [0.1, 0.15) is 43.6 Å². The third kappa shape index (κ3) is 4.22. The van der Waals surface area contributed by atoms with Crippen molar-refractivity contribution in [3.8, 4) is 0 Å². The van der Waals surface area contributed by atoms with Crippen LogP contribution in [-0.2, 0) is 11.2 Å². The lowest BCUT2D eigenvalue weighted by Gasteiger charge is -2.20. The van der Waals surface area contributed by atoms with Gasteiger partial charge in [-0.2, -0.15) is 0 Å². The number of anilines is 1. The number of carboxylic acids is 1. The van der Waals surface area contributed by atoms with Gasteiger partial charge in [-0.1, -0.05) is 6.92 Å². The van der Waals surface area contributed by atoms with Gasteiger partial charge in [-0.05, 0) is 44.9 Å². The average molecular weight is 283 g/mol. The molecule has 1 amide bonds. The van der Waals surface area contributed by atoms with E-state index in [2.05, 4.69) is 5.32 Å². The van der Waals surface area contributed by atoms with E-state index in [1.807, 2.05) is 0 Å². The van der Waals surface area contributed by atoms with E-state index in [-0.39, 0.29) is 11.3 Å². The number of hydrogen-bond donors (Lipinski definition) is 2. The lowest BCUT2D eigenvalue weighted by molar-refractivity contribution is 0.0636. The number of rotatable bonds is 3. The number of carbonyl (C=O) groups excluding carboxylic acids is 1. The van der Waals surface area contributed by atoms with E-state index in [0.29, 0.717) is 12.0 Å². The maximum absolute atomic E-state index is 13.6. The molecule has 5 nitrogen and oxygen atoms in total. The molecule has 0 aliphatic carbocycles. The molecule has 20 heavy (non-hydrogen) atoms. The van der Waals surface area contributed by atoms with Crippen molar-refractivity contribution in [1.29, 1.82) is 0 Å². The van der Waals surface area contributed by atoms with Crippen LogP contribution in [-0.4, -0.2) is 22.8 Å². The summed E-state index contributed by atoms with van der Waals surface area (Å²) in [6.07, 6.45) is -0.400. The summed E-state index contributed by atoms with van der Waals surface area (Å²) < 4.78 is 18.6. The molecule has 0 aromatic heterocycles. The molecule has 0 bridgehead atoms. The molecule has 0 aliphatic heterocycles. The van der Waals surface area contributed by atoms with Crippen LogP contribution in [0.3, 0.4) is 0 Å². The van der Waals surface area contributed by atoms with Gasteiger partial charge < -0.3 is 9.84 Å². The number of hydrogen-bond acceptors (Lipinski definition) is 3. The second-order valence-electron chi connectivity index (χ2n) is 5.27. The summed E-state index contributed by atoms with van der Waals surface area (Å²) in [5, 5.41) is 11.4. The van der Waals surface area contributed by atoms with Crippen LogP contribution < -0.4 is 5.32 Å². The predicted octanol–water partition coefficient (Wildman–Crippen LogP) is 3.43. The number of halogens is 1. The zero-order chi connectivity index (χ0) is 15.5. The van der Waals surface area contributed by atoms with Crippen LogP contribution in [0, 0.1) is 5.82 Å². The van der Waals surface area contributed by atoms with Crippen molar-refractivity contribution in [2.24, 2.45) is 0 Å². The molecule has 0 spiro atoms. The van der Waals surface area contributed by atoms with Crippen molar-refractivity contribution in [2.45, 2.75) is 39.7 Å². The SMILES string of the molecule is CCc1cc(NC(=O)OC(C)(C)C)c(C(=O)O)cc1F. The molecule has 110 valence electrons. The zero-order valence-electron chi connectivity index (χ0n) is 11.9. The second kappa shape index (κ2) is 5.90. The lowest BCUT2D eigenvalue weighted by Crippen LogP contribution is -2.27. The van der Waals surface area contributed by atoms with Crippen molar-refractivity contribution >= 4 is 17.7 Å². The fourth-order valence-corrected chi connectivity index (χ4v) is 1.58. The number of carbonyl (C=O) groups is 2. The van der Waals surface area contributed by atoms with Crippen LogP contribution in [0.15, 0.2) is 12.1 Å². The summed E-state index contributed by atoms with van der Waals surface area (Å²) >= 11 is 0. The second-order valence-corrected chi connectivity index (χ2v) is 5.27. The van der Waals surface area contributed by atoms with E-state index < -0.39 is 23.5 Å². The lowest BCUT2D eigenvalue weighted by atomic mass is 10.1. The molecule has 0 aliphatic rings. The zero-order valence-corrected chi connectivity index (χ0v) is 11.9. The number of benzene rings is 1. The Bertz CT molecular complexity index is 535. The van der Waals surface area contributed by atoms with Crippen LogP contribution in [0.4, 0.5) is 14.9 Å². The molecule has 0 unspecified atom stereocenters.